The summed E-state index contributed by atoms with van der Waals surface area (Å²) in [4.78, 5) is 9.13. The molecule has 0 radical (unpaired) electrons. The van der Waals surface area contributed by atoms with E-state index in [1.165, 1.54) is 10.3 Å². The van der Waals surface area contributed by atoms with Crippen LogP contribution in [0.25, 0.3) is 21.8 Å². The van der Waals surface area contributed by atoms with Crippen molar-refractivity contribution in [3.8, 4) is 11.8 Å². The van der Waals surface area contributed by atoms with E-state index in [0.717, 1.165) is 53.5 Å². The molecule has 5 aromatic rings. The molecule has 7 nitrogen and oxygen atoms in total. The Morgan fingerprint density at radius 3 is 2.73 bits per heavy atom. The molecule has 1 atom stereocenters. The molecule has 1 aliphatic rings. The summed E-state index contributed by atoms with van der Waals surface area (Å²) in [6.07, 6.45) is 5.40. The maximum Gasteiger partial charge on any atom is 0.268 e. The summed E-state index contributed by atoms with van der Waals surface area (Å²) in [6.45, 7) is 2.01. The Morgan fingerprint density at radius 1 is 1.00 bits per heavy atom. The fourth-order valence-electron chi connectivity index (χ4n) is 4.64. The van der Waals surface area contributed by atoms with Crippen molar-refractivity contribution in [3.63, 3.8) is 0 Å². The van der Waals surface area contributed by atoms with Crippen molar-refractivity contribution in [2.45, 2.75) is 17.7 Å². The van der Waals surface area contributed by atoms with Gasteiger partial charge in [-0.1, -0.05) is 30.0 Å². The van der Waals surface area contributed by atoms with Crippen molar-refractivity contribution in [2.24, 2.45) is 5.92 Å². The van der Waals surface area contributed by atoms with E-state index < -0.39 is 10.0 Å². The largest absolute Gasteiger partial charge is 0.340 e. The van der Waals surface area contributed by atoms with Crippen LogP contribution in [0.15, 0.2) is 90.2 Å². The van der Waals surface area contributed by atoms with E-state index in [-0.39, 0.29) is 4.90 Å². The lowest BCUT2D eigenvalue weighted by Gasteiger charge is -2.17. The van der Waals surface area contributed by atoms with Crippen molar-refractivity contribution < 1.29 is 8.42 Å². The molecule has 0 saturated carbocycles. The number of aromatic nitrogens is 3. The fraction of sp³-hybridized carbons (Fsp3) is 0.172. The zero-order chi connectivity index (χ0) is 25.2. The molecule has 8 heteroatoms. The highest BCUT2D eigenvalue weighted by atomic mass is 32.2. The lowest BCUT2D eigenvalue weighted by atomic mass is 10.00. The van der Waals surface area contributed by atoms with E-state index in [4.69, 9.17) is 0 Å². The molecule has 2 N–H and O–H groups in total. The summed E-state index contributed by atoms with van der Waals surface area (Å²) in [5.41, 5.74) is 3.15. The molecule has 3 aromatic carbocycles. The van der Waals surface area contributed by atoms with Gasteiger partial charge in [0.2, 0.25) is 0 Å². The summed E-state index contributed by atoms with van der Waals surface area (Å²) in [5, 5.41) is 8.46. The van der Waals surface area contributed by atoms with Gasteiger partial charge in [-0.3, -0.25) is 0 Å². The Bertz CT molecular complexity index is 1760. The lowest BCUT2D eigenvalue weighted by Crippen LogP contribution is -2.28. The van der Waals surface area contributed by atoms with E-state index in [9.17, 15) is 8.42 Å². The molecule has 1 aliphatic heterocycles. The number of rotatable bonds is 4. The smallest absolute Gasteiger partial charge is 0.268 e. The third-order valence-corrected chi connectivity index (χ3v) is 8.27. The molecule has 0 aliphatic carbocycles. The molecule has 0 amide bonds. The minimum absolute atomic E-state index is 0.251. The number of piperidine rings is 1. The standard InChI is InChI=1S/C29H25N5O2S/c35-37(36,25-6-2-1-3-7-25)34-16-14-23-18-24(11-13-28(23)34)33-29-26-17-21(10-12-27(26)31-20-32-29)8-9-22-5-4-15-30-19-22/h1-3,6-7,10-14,16-18,20,22,30H,4-5,15,19H2,(H,31,32,33). The monoisotopic (exact) mass is 507 g/mol. The number of fused-ring (bicyclic) bond motifs is 2. The average Bonchev–Trinajstić information content (AvgIpc) is 3.37. The summed E-state index contributed by atoms with van der Waals surface area (Å²) in [5.74, 6) is 7.76. The maximum atomic E-state index is 13.1. The first-order valence-corrected chi connectivity index (χ1v) is 13.7. The van der Waals surface area contributed by atoms with Crippen molar-refractivity contribution in [2.75, 3.05) is 18.4 Å². The van der Waals surface area contributed by atoms with Gasteiger partial charge >= 0.3 is 0 Å². The van der Waals surface area contributed by atoms with Crippen LogP contribution in [0.3, 0.4) is 0 Å². The quantitative estimate of drug-likeness (QED) is 0.336. The Morgan fingerprint density at radius 2 is 1.89 bits per heavy atom. The molecule has 2 aromatic heterocycles. The average molecular weight is 508 g/mol. The number of hydrogen-bond donors (Lipinski definition) is 2. The van der Waals surface area contributed by atoms with Crippen molar-refractivity contribution in [1.82, 2.24) is 19.3 Å². The predicted octanol–water partition coefficient (Wildman–Crippen LogP) is 4.92. The van der Waals surface area contributed by atoms with Crippen LogP contribution < -0.4 is 10.6 Å². The van der Waals surface area contributed by atoms with Crippen LogP contribution >= 0.6 is 0 Å². The molecule has 184 valence electrons. The summed E-state index contributed by atoms with van der Waals surface area (Å²) in [6, 6.07) is 21.8. The van der Waals surface area contributed by atoms with Crippen molar-refractivity contribution in [3.05, 3.63) is 90.9 Å². The van der Waals surface area contributed by atoms with Crippen LogP contribution in [0.2, 0.25) is 0 Å². The van der Waals surface area contributed by atoms with Crippen molar-refractivity contribution >= 4 is 43.3 Å². The SMILES string of the molecule is O=S(=O)(c1ccccc1)n1ccc2cc(Nc3ncnc4ccc(C#CC5CCCNC5)cc34)ccc21. The highest BCUT2D eigenvalue weighted by molar-refractivity contribution is 7.90. The van der Waals surface area contributed by atoms with Crippen molar-refractivity contribution in [1.29, 1.82) is 0 Å². The van der Waals surface area contributed by atoms with Gasteiger partial charge in [-0.05, 0) is 74.0 Å². The van der Waals surface area contributed by atoms with E-state index >= 15 is 0 Å². The maximum absolute atomic E-state index is 13.1. The molecule has 37 heavy (non-hydrogen) atoms. The zero-order valence-corrected chi connectivity index (χ0v) is 20.9. The van der Waals surface area contributed by atoms with Crippen LogP contribution in [0.1, 0.15) is 18.4 Å². The Hall–Kier alpha value is -4.19. The van der Waals surface area contributed by atoms with Gasteiger partial charge in [-0.15, -0.1) is 0 Å². The minimum atomic E-state index is -3.68. The topological polar surface area (TPSA) is 88.9 Å². The Labute approximate surface area is 215 Å². The van der Waals surface area contributed by atoms with Gasteiger partial charge in [-0.2, -0.15) is 0 Å². The number of nitrogens with one attached hydrogen (secondary N) is 2. The van der Waals surface area contributed by atoms with Gasteiger partial charge in [0.1, 0.15) is 12.1 Å². The molecular formula is C29H25N5O2S. The Kier molecular flexibility index (Phi) is 6.08. The van der Waals surface area contributed by atoms with Crippen LogP contribution in [0.5, 0.6) is 0 Å². The van der Waals surface area contributed by atoms with E-state index in [0.29, 0.717) is 17.3 Å². The lowest BCUT2D eigenvalue weighted by molar-refractivity contribution is 0.449. The molecular weight excluding hydrogens is 482 g/mol. The first-order valence-electron chi connectivity index (χ1n) is 12.2. The summed E-state index contributed by atoms with van der Waals surface area (Å²) < 4.78 is 27.6. The molecule has 1 fully saturated rings. The predicted molar refractivity (Wildman–Crippen MR) is 146 cm³/mol. The second-order valence-corrected chi connectivity index (χ2v) is 10.9. The third-order valence-electron chi connectivity index (χ3n) is 6.57. The van der Waals surface area contributed by atoms with E-state index in [2.05, 4.69) is 32.4 Å². The molecule has 0 spiro atoms. The molecule has 1 unspecified atom stereocenters. The molecule has 0 bridgehead atoms. The van der Waals surface area contributed by atoms with E-state index in [1.807, 2.05) is 30.3 Å². The van der Waals surface area contributed by atoms with Crippen LogP contribution in [-0.4, -0.2) is 35.4 Å². The van der Waals surface area contributed by atoms with Gasteiger partial charge in [0, 0.05) is 40.7 Å². The number of benzene rings is 3. The highest BCUT2D eigenvalue weighted by Crippen LogP contribution is 2.28. The van der Waals surface area contributed by atoms with E-state index in [1.54, 1.807) is 48.7 Å². The number of anilines is 2. The number of nitrogens with zero attached hydrogens (tertiary/aromatic N) is 3. The van der Waals surface area contributed by atoms with Crippen LogP contribution in [0.4, 0.5) is 11.5 Å². The second-order valence-electron chi connectivity index (χ2n) is 9.10. The fourth-order valence-corrected chi connectivity index (χ4v) is 6.02. The highest BCUT2D eigenvalue weighted by Gasteiger charge is 2.18. The third kappa shape index (κ3) is 4.67. The van der Waals surface area contributed by atoms with Gasteiger partial charge in [0.25, 0.3) is 10.0 Å². The Balaban J connectivity index is 1.31. The van der Waals surface area contributed by atoms with Gasteiger partial charge in [0.05, 0.1) is 15.9 Å². The summed E-state index contributed by atoms with van der Waals surface area (Å²) in [7, 11) is -3.68. The normalized spacial score (nSPS) is 15.8. The number of hydrogen-bond acceptors (Lipinski definition) is 6. The molecule has 3 heterocycles. The van der Waals surface area contributed by atoms with Gasteiger partial charge in [0.15, 0.2) is 0 Å². The van der Waals surface area contributed by atoms with Gasteiger partial charge in [-0.25, -0.2) is 22.4 Å². The summed E-state index contributed by atoms with van der Waals surface area (Å²) >= 11 is 0. The molecule has 1 saturated heterocycles. The first kappa shape index (κ1) is 23.2. The first-order chi connectivity index (χ1) is 18.1. The van der Waals surface area contributed by atoms with Crippen LogP contribution in [0, 0.1) is 17.8 Å². The van der Waals surface area contributed by atoms with Crippen LogP contribution in [-0.2, 0) is 10.0 Å². The minimum Gasteiger partial charge on any atom is -0.340 e. The zero-order valence-electron chi connectivity index (χ0n) is 20.1. The second kappa shape index (κ2) is 9.69. The molecule has 6 rings (SSSR count). The van der Waals surface area contributed by atoms with Gasteiger partial charge < -0.3 is 10.6 Å².